The summed E-state index contributed by atoms with van der Waals surface area (Å²) in [6, 6.07) is 7.90. The average Bonchev–Trinajstić information content (AvgIpc) is 3.02. The molecule has 2 heterocycles. The van der Waals surface area contributed by atoms with E-state index in [1.807, 2.05) is 25.1 Å². The largest absolute Gasteiger partial charge is 0.492 e. The first-order chi connectivity index (χ1) is 12.9. The number of sulfone groups is 1. The van der Waals surface area contributed by atoms with E-state index in [9.17, 15) is 13.2 Å². The van der Waals surface area contributed by atoms with E-state index in [-0.39, 0.29) is 23.5 Å². The van der Waals surface area contributed by atoms with E-state index in [0.717, 1.165) is 37.6 Å². The summed E-state index contributed by atoms with van der Waals surface area (Å²) in [6.07, 6.45) is 0.557. The van der Waals surface area contributed by atoms with Crippen LogP contribution in [0.25, 0.3) is 0 Å². The predicted octanol–water partition coefficient (Wildman–Crippen LogP) is -0.564. The van der Waals surface area contributed by atoms with Gasteiger partial charge in [0.2, 0.25) is 0 Å². The number of para-hydroxylation sites is 2. The van der Waals surface area contributed by atoms with Crippen molar-refractivity contribution in [2.24, 2.45) is 0 Å². The summed E-state index contributed by atoms with van der Waals surface area (Å²) in [5, 5.41) is 0. The summed E-state index contributed by atoms with van der Waals surface area (Å²) < 4.78 is 29.0. The minimum atomic E-state index is -2.97. The van der Waals surface area contributed by atoms with Crippen LogP contribution in [0.2, 0.25) is 0 Å². The van der Waals surface area contributed by atoms with Gasteiger partial charge in [-0.25, -0.2) is 8.42 Å². The molecule has 1 aromatic rings. The van der Waals surface area contributed by atoms with Gasteiger partial charge in [0.1, 0.15) is 5.75 Å². The molecule has 2 saturated heterocycles. The van der Waals surface area contributed by atoms with Gasteiger partial charge in [-0.1, -0.05) is 12.1 Å². The van der Waals surface area contributed by atoms with Crippen molar-refractivity contribution >= 4 is 21.4 Å². The first-order valence-corrected chi connectivity index (χ1v) is 11.5. The number of carbonyl (C=O) groups is 1. The van der Waals surface area contributed by atoms with Gasteiger partial charge in [-0.05, 0) is 25.5 Å². The number of likely N-dealkylation sites (N-methyl/N-ethyl adjacent to an activating group) is 1. The maximum atomic E-state index is 12.6. The van der Waals surface area contributed by atoms with Gasteiger partial charge in [0, 0.05) is 13.1 Å². The number of amides is 1. The van der Waals surface area contributed by atoms with Crippen LogP contribution in [0, 0.1) is 0 Å². The second-order valence-electron chi connectivity index (χ2n) is 7.38. The molecule has 0 unspecified atom stereocenters. The number of hydrogen-bond donors (Lipinski definition) is 1. The zero-order valence-electron chi connectivity index (χ0n) is 16.2. The van der Waals surface area contributed by atoms with E-state index >= 15 is 0 Å². The Hall–Kier alpha value is -1.80. The van der Waals surface area contributed by atoms with Crippen LogP contribution in [-0.2, 0) is 14.6 Å². The summed E-state index contributed by atoms with van der Waals surface area (Å²) in [5.74, 6) is 1.24. The molecule has 0 aromatic heterocycles. The van der Waals surface area contributed by atoms with Crippen molar-refractivity contribution in [1.29, 1.82) is 0 Å². The molecule has 8 heteroatoms. The maximum Gasteiger partial charge on any atom is 0.277 e. The summed E-state index contributed by atoms with van der Waals surface area (Å²) >= 11 is 0. The molecule has 1 aromatic carbocycles. The Balaban J connectivity index is 1.52. The zero-order valence-corrected chi connectivity index (χ0v) is 17.0. The number of anilines is 1. The number of rotatable bonds is 6. The van der Waals surface area contributed by atoms with Gasteiger partial charge in [0.05, 0.1) is 50.0 Å². The number of piperazine rings is 1. The summed E-state index contributed by atoms with van der Waals surface area (Å²) in [7, 11) is -1.24. The molecule has 2 aliphatic heterocycles. The number of nitrogens with one attached hydrogen (secondary N) is 1. The van der Waals surface area contributed by atoms with Gasteiger partial charge in [0.25, 0.3) is 5.91 Å². The molecule has 27 heavy (non-hydrogen) atoms. The summed E-state index contributed by atoms with van der Waals surface area (Å²) in [4.78, 5) is 17.8. The number of nitrogens with zero attached hydrogens (tertiary/aromatic N) is 2. The quantitative estimate of drug-likeness (QED) is 0.698. The van der Waals surface area contributed by atoms with Crippen LogP contribution in [0.5, 0.6) is 5.75 Å². The van der Waals surface area contributed by atoms with E-state index in [4.69, 9.17) is 4.74 Å². The SMILES string of the molecule is CCOc1ccccc1N1CC[NH+](CC(=O)N(C)[C@H]2CCS(=O)(=O)C2)CC1. The van der Waals surface area contributed by atoms with Gasteiger partial charge in [0.15, 0.2) is 16.4 Å². The second kappa shape index (κ2) is 8.48. The summed E-state index contributed by atoms with van der Waals surface area (Å²) in [6.45, 7) is 6.54. The molecule has 1 amide bonds. The maximum absolute atomic E-state index is 12.6. The molecule has 0 saturated carbocycles. The molecule has 2 fully saturated rings. The number of ether oxygens (including phenoxy) is 1. The van der Waals surface area contributed by atoms with Crippen molar-refractivity contribution in [3.8, 4) is 5.75 Å². The van der Waals surface area contributed by atoms with Crippen molar-refractivity contribution < 1.29 is 22.8 Å². The van der Waals surface area contributed by atoms with Crippen LogP contribution in [0.15, 0.2) is 24.3 Å². The van der Waals surface area contributed by atoms with Gasteiger partial charge in [-0.15, -0.1) is 0 Å². The second-order valence-corrected chi connectivity index (χ2v) is 9.60. The van der Waals surface area contributed by atoms with Crippen LogP contribution in [0.3, 0.4) is 0 Å². The van der Waals surface area contributed by atoms with Gasteiger partial charge < -0.3 is 19.4 Å². The van der Waals surface area contributed by atoms with Crippen LogP contribution >= 0.6 is 0 Å². The lowest BCUT2D eigenvalue weighted by Crippen LogP contribution is -3.16. The number of quaternary nitrogens is 1. The van der Waals surface area contributed by atoms with Crippen LogP contribution in [0.1, 0.15) is 13.3 Å². The molecule has 1 N–H and O–H groups in total. The molecular formula is C19H30N3O4S+. The van der Waals surface area contributed by atoms with Crippen molar-refractivity contribution in [3.63, 3.8) is 0 Å². The first kappa shape index (κ1) is 19.9. The predicted molar refractivity (Wildman–Crippen MR) is 105 cm³/mol. The van der Waals surface area contributed by atoms with Crippen molar-refractivity contribution in [2.45, 2.75) is 19.4 Å². The Kier molecular flexibility index (Phi) is 6.26. The van der Waals surface area contributed by atoms with E-state index in [1.54, 1.807) is 11.9 Å². The van der Waals surface area contributed by atoms with Gasteiger partial charge >= 0.3 is 0 Å². The Bertz CT molecular complexity index is 760. The fourth-order valence-electron chi connectivity index (χ4n) is 3.86. The van der Waals surface area contributed by atoms with E-state index in [2.05, 4.69) is 11.0 Å². The molecular weight excluding hydrogens is 366 g/mol. The van der Waals surface area contributed by atoms with Gasteiger partial charge in [-0.3, -0.25) is 4.79 Å². The third kappa shape index (κ3) is 4.93. The highest BCUT2D eigenvalue weighted by Gasteiger charge is 2.34. The molecule has 3 rings (SSSR count). The number of carbonyl (C=O) groups excluding carboxylic acids is 1. The minimum absolute atomic E-state index is 0.0373. The molecule has 0 bridgehead atoms. The Morgan fingerprint density at radius 1 is 1.30 bits per heavy atom. The molecule has 1 atom stereocenters. The fraction of sp³-hybridized carbons (Fsp3) is 0.632. The van der Waals surface area contributed by atoms with E-state index in [0.29, 0.717) is 19.6 Å². The Labute approximate surface area is 161 Å². The normalized spacial score (nSPS) is 22.6. The number of hydrogen-bond acceptors (Lipinski definition) is 5. The Morgan fingerprint density at radius 2 is 2.00 bits per heavy atom. The zero-order chi connectivity index (χ0) is 19.4. The van der Waals surface area contributed by atoms with Crippen molar-refractivity contribution in [2.75, 3.05) is 62.8 Å². The standard InChI is InChI=1S/C19H29N3O4S/c1-3-26-18-7-5-4-6-17(18)22-11-9-21(10-12-22)14-19(23)20(2)16-8-13-27(24,25)15-16/h4-7,16H,3,8-15H2,1-2H3/p+1/t16-/m0/s1. The van der Waals surface area contributed by atoms with Gasteiger partial charge in [-0.2, -0.15) is 0 Å². The van der Waals surface area contributed by atoms with Crippen molar-refractivity contribution in [1.82, 2.24) is 4.90 Å². The molecule has 0 radical (unpaired) electrons. The first-order valence-electron chi connectivity index (χ1n) is 9.66. The smallest absolute Gasteiger partial charge is 0.277 e. The monoisotopic (exact) mass is 396 g/mol. The van der Waals surface area contributed by atoms with Crippen LogP contribution in [-0.4, -0.2) is 83.2 Å². The molecule has 2 aliphatic rings. The molecule has 0 spiro atoms. The van der Waals surface area contributed by atoms with E-state index < -0.39 is 9.84 Å². The third-order valence-corrected chi connectivity index (χ3v) is 7.28. The summed E-state index contributed by atoms with van der Waals surface area (Å²) in [5.41, 5.74) is 1.11. The average molecular weight is 397 g/mol. The van der Waals surface area contributed by atoms with Crippen molar-refractivity contribution in [3.05, 3.63) is 24.3 Å². The topological polar surface area (TPSA) is 71.4 Å². The molecule has 0 aliphatic carbocycles. The molecule has 7 nitrogen and oxygen atoms in total. The fourth-order valence-corrected chi connectivity index (χ4v) is 5.63. The third-order valence-electron chi connectivity index (χ3n) is 5.53. The lowest BCUT2D eigenvalue weighted by molar-refractivity contribution is -0.892. The minimum Gasteiger partial charge on any atom is -0.492 e. The lowest BCUT2D eigenvalue weighted by Gasteiger charge is -2.35. The van der Waals surface area contributed by atoms with Crippen LogP contribution < -0.4 is 14.5 Å². The number of benzene rings is 1. The highest BCUT2D eigenvalue weighted by molar-refractivity contribution is 7.91. The van der Waals surface area contributed by atoms with Crippen LogP contribution in [0.4, 0.5) is 5.69 Å². The molecule has 150 valence electrons. The highest BCUT2D eigenvalue weighted by Crippen LogP contribution is 2.27. The van der Waals surface area contributed by atoms with E-state index in [1.165, 1.54) is 4.90 Å². The lowest BCUT2D eigenvalue weighted by atomic mass is 10.2. The highest BCUT2D eigenvalue weighted by atomic mass is 32.2. The Morgan fingerprint density at radius 3 is 2.63 bits per heavy atom.